The van der Waals surface area contributed by atoms with Gasteiger partial charge in [-0.3, -0.25) is 9.69 Å². The van der Waals surface area contributed by atoms with Crippen molar-refractivity contribution in [2.75, 3.05) is 36.9 Å². The highest BCUT2D eigenvalue weighted by Gasteiger charge is 2.48. The van der Waals surface area contributed by atoms with Crippen LogP contribution in [0.15, 0.2) is 36.5 Å². The van der Waals surface area contributed by atoms with Gasteiger partial charge in [0.15, 0.2) is 0 Å². The second-order valence-corrected chi connectivity index (χ2v) is 11.0. The summed E-state index contributed by atoms with van der Waals surface area (Å²) in [6.07, 6.45) is 4.76. The Labute approximate surface area is 225 Å². The Hall–Kier alpha value is -3.18. The Kier molecular flexibility index (Phi) is 6.96. The lowest BCUT2D eigenvalue weighted by atomic mass is 9.88. The van der Waals surface area contributed by atoms with Gasteiger partial charge >= 0.3 is 6.18 Å². The van der Waals surface area contributed by atoms with Crippen LogP contribution in [0.25, 0.3) is 0 Å². The lowest BCUT2D eigenvalue weighted by Crippen LogP contribution is -2.43. The summed E-state index contributed by atoms with van der Waals surface area (Å²) in [5.74, 6) is -1.55. The number of carbonyl (C=O) groups is 1. The fourth-order valence-electron chi connectivity index (χ4n) is 6.73. The van der Waals surface area contributed by atoms with Gasteiger partial charge in [0.2, 0.25) is 11.9 Å². The summed E-state index contributed by atoms with van der Waals surface area (Å²) >= 11 is 0. The third kappa shape index (κ3) is 5.34. The molecule has 1 aromatic heterocycles. The van der Waals surface area contributed by atoms with Gasteiger partial charge in [0.1, 0.15) is 11.4 Å². The molecule has 6 rings (SSSR count). The van der Waals surface area contributed by atoms with Crippen LogP contribution in [0.4, 0.5) is 30.6 Å². The number of aromatic nitrogens is 2. The van der Waals surface area contributed by atoms with E-state index in [1.165, 1.54) is 11.1 Å². The van der Waals surface area contributed by atoms with Crippen LogP contribution >= 0.6 is 0 Å². The summed E-state index contributed by atoms with van der Waals surface area (Å²) in [4.78, 5) is 22.8. The molecule has 0 spiro atoms. The number of carbonyl (C=O) groups excluding carboxylic acids is 1. The normalized spacial score (nSPS) is 28.6. The summed E-state index contributed by atoms with van der Waals surface area (Å²) in [6.45, 7) is 3.50. The van der Waals surface area contributed by atoms with Gasteiger partial charge in [-0.05, 0) is 67.2 Å². The number of benzene rings is 1. The molecule has 11 heteroatoms. The lowest BCUT2D eigenvalue weighted by Gasteiger charge is -2.33. The molecule has 2 heterocycles. The predicted octanol–water partition coefficient (Wildman–Crippen LogP) is 3.91. The van der Waals surface area contributed by atoms with Crippen LogP contribution in [0.5, 0.6) is 0 Å². The number of halogens is 3. The van der Waals surface area contributed by atoms with Crippen molar-refractivity contribution in [2.45, 2.75) is 50.4 Å². The number of primary amides is 1. The van der Waals surface area contributed by atoms with Gasteiger partial charge in [-0.2, -0.15) is 18.2 Å². The fraction of sp³-hybridized carbons (Fsp3) is 0.536. The Balaban J connectivity index is 1.21. The third-order valence-corrected chi connectivity index (χ3v) is 8.70. The number of morpholine rings is 1. The number of fused-ring (bicyclic) bond motifs is 3. The Morgan fingerprint density at radius 2 is 1.82 bits per heavy atom. The van der Waals surface area contributed by atoms with E-state index in [1.54, 1.807) is 0 Å². The first-order valence-electron chi connectivity index (χ1n) is 13.7. The van der Waals surface area contributed by atoms with Crippen molar-refractivity contribution in [3.8, 4) is 0 Å². The first-order valence-corrected chi connectivity index (χ1v) is 13.7. The zero-order valence-electron chi connectivity index (χ0n) is 21.6. The maximum absolute atomic E-state index is 13.9. The Morgan fingerprint density at radius 1 is 1.08 bits per heavy atom. The fourth-order valence-corrected chi connectivity index (χ4v) is 6.73. The van der Waals surface area contributed by atoms with E-state index < -0.39 is 29.6 Å². The third-order valence-electron chi connectivity index (χ3n) is 8.70. The molecule has 8 nitrogen and oxygen atoms in total. The van der Waals surface area contributed by atoms with E-state index in [9.17, 15) is 18.0 Å². The smallest absolute Gasteiger partial charge is 0.379 e. The number of nitrogens with two attached hydrogens (primary N) is 1. The predicted molar refractivity (Wildman–Crippen MR) is 140 cm³/mol. The minimum atomic E-state index is -4.66. The van der Waals surface area contributed by atoms with Crippen LogP contribution in [-0.2, 0) is 28.5 Å². The highest BCUT2D eigenvalue weighted by Crippen LogP contribution is 2.46. The summed E-state index contributed by atoms with van der Waals surface area (Å²) in [7, 11) is 0. The number of hydrogen-bond donors (Lipinski definition) is 3. The quantitative estimate of drug-likeness (QED) is 0.376. The SMILES string of the molecule is NC(=O)[C@@H]1[C@H](Nc2nc(Nc3ccc4c(c3)CCC(N3CCOCC3)CC4)ncc2C(F)(F)F)[C@H]2C=C[C@@H]1C2. The number of rotatable bonds is 6. The molecular weight excluding hydrogens is 509 g/mol. The number of nitrogens with one attached hydrogen (secondary N) is 2. The summed E-state index contributed by atoms with van der Waals surface area (Å²) < 4.78 is 47.1. The van der Waals surface area contributed by atoms with Crippen LogP contribution in [0.1, 0.15) is 36.0 Å². The average molecular weight is 543 g/mol. The molecule has 1 aromatic carbocycles. The molecule has 39 heavy (non-hydrogen) atoms. The molecule has 1 unspecified atom stereocenters. The Bertz CT molecular complexity index is 1260. The lowest BCUT2D eigenvalue weighted by molar-refractivity contribution is -0.137. The molecule has 1 aliphatic heterocycles. The van der Waals surface area contributed by atoms with E-state index in [2.05, 4.69) is 37.6 Å². The first-order chi connectivity index (χ1) is 18.8. The molecule has 1 saturated heterocycles. The number of hydrogen-bond acceptors (Lipinski definition) is 7. The van der Waals surface area contributed by atoms with E-state index in [0.29, 0.717) is 12.5 Å². The second kappa shape index (κ2) is 10.4. The molecule has 2 bridgehead atoms. The van der Waals surface area contributed by atoms with Crippen molar-refractivity contribution < 1.29 is 22.7 Å². The maximum atomic E-state index is 13.9. The van der Waals surface area contributed by atoms with E-state index in [0.717, 1.165) is 63.9 Å². The average Bonchev–Trinajstić information content (AvgIpc) is 3.44. The highest BCUT2D eigenvalue weighted by atomic mass is 19.4. The monoisotopic (exact) mass is 542 g/mol. The number of aryl methyl sites for hydroxylation is 2. The van der Waals surface area contributed by atoms with Crippen LogP contribution in [-0.4, -0.2) is 59.2 Å². The van der Waals surface area contributed by atoms with Crippen molar-refractivity contribution in [1.29, 1.82) is 0 Å². The molecule has 4 aliphatic rings. The topological polar surface area (TPSA) is 105 Å². The molecule has 2 fully saturated rings. The summed E-state index contributed by atoms with van der Waals surface area (Å²) in [6, 6.07) is 6.03. The molecule has 1 amide bonds. The molecule has 0 radical (unpaired) electrons. The molecular formula is C28H33F3N6O2. The first kappa shape index (κ1) is 26.1. The van der Waals surface area contributed by atoms with E-state index in [-0.39, 0.29) is 23.6 Å². The minimum absolute atomic E-state index is 0.0552. The van der Waals surface area contributed by atoms with Crippen LogP contribution in [0.2, 0.25) is 0 Å². The largest absolute Gasteiger partial charge is 0.421 e. The molecule has 3 aliphatic carbocycles. The number of ether oxygens (including phenoxy) is 1. The standard InChI is InChI=1S/C28H33F3N6O2/c29-28(30,31)22-15-33-27(36-26(22)35-24-19-2-1-18(13-19)23(24)25(32)38)34-20-6-3-16-4-7-21(8-5-17(16)14-20)37-9-11-39-12-10-37/h1-3,6,14-15,18-19,21,23-24H,4-5,7-13H2,(H2,32,38)(H2,33,34,35,36)/t18-,19+,21?,23+,24-/m1/s1. The van der Waals surface area contributed by atoms with Crippen molar-refractivity contribution in [3.05, 3.63) is 53.2 Å². The zero-order valence-corrected chi connectivity index (χ0v) is 21.6. The number of amides is 1. The van der Waals surface area contributed by atoms with Gasteiger partial charge in [-0.25, -0.2) is 4.98 Å². The van der Waals surface area contributed by atoms with E-state index in [4.69, 9.17) is 10.5 Å². The molecule has 5 atom stereocenters. The van der Waals surface area contributed by atoms with Crippen molar-refractivity contribution in [2.24, 2.45) is 23.5 Å². The second-order valence-electron chi connectivity index (χ2n) is 11.0. The van der Waals surface area contributed by atoms with E-state index >= 15 is 0 Å². The molecule has 4 N–H and O–H groups in total. The molecule has 1 saturated carbocycles. The van der Waals surface area contributed by atoms with Gasteiger partial charge in [0.05, 0.1) is 19.1 Å². The maximum Gasteiger partial charge on any atom is 0.421 e. The molecule has 2 aromatic rings. The van der Waals surface area contributed by atoms with Crippen LogP contribution in [0.3, 0.4) is 0 Å². The number of anilines is 3. The van der Waals surface area contributed by atoms with Crippen molar-refractivity contribution in [1.82, 2.24) is 14.9 Å². The van der Waals surface area contributed by atoms with Crippen LogP contribution in [0, 0.1) is 17.8 Å². The van der Waals surface area contributed by atoms with Crippen molar-refractivity contribution in [3.63, 3.8) is 0 Å². The van der Waals surface area contributed by atoms with Gasteiger partial charge in [-0.15, -0.1) is 0 Å². The minimum Gasteiger partial charge on any atom is -0.379 e. The number of alkyl halides is 3. The van der Waals surface area contributed by atoms with Gasteiger partial charge in [0, 0.05) is 37.1 Å². The number of allylic oxidation sites excluding steroid dienone is 1. The summed E-state index contributed by atoms with van der Waals surface area (Å²) in [5.41, 5.74) is 7.90. The number of nitrogens with zero attached hydrogens (tertiary/aromatic N) is 3. The van der Waals surface area contributed by atoms with Gasteiger partial charge in [-0.1, -0.05) is 18.2 Å². The zero-order chi connectivity index (χ0) is 27.1. The highest BCUT2D eigenvalue weighted by molar-refractivity contribution is 5.80. The van der Waals surface area contributed by atoms with Crippen molar-refractivity contribution >= 4 is 23.4 Å². The van der Waals surface area contributed by atoms with Gasteiger partial charge < -0.3 is 21.1 Å². The van der Waals surface area contributed by atoms with Gasteiger partial charge in [0.25, 0.3) is 0 Å². The molecule has 208 valence electrons. The van der Waals surface area contributed by atoms with Crippen LogP contribution < -0.4 is 16.4 Å². The van der Waals surface area contributed by atoms with E-state index in [1.807, 2.05) is 18.2 Å². The summed E-state index contributed by atoms with van der Waals surface area (Å²) in [5, 5.41) is 6.02. The Morgan fingerprint density at radius 3 is 2.56 bits per heavy atom.